The van der Waals surface area contributed by atoms with Gasteiger partial charge in [-0.1, -0.05) is 18.2 Å². The van der Waals surface area contributed by atoms with Gasteiger partial charge >= 0.3 is 0 Å². The van der Waals surface area contributed by atoms with Gasteiger partial charge in [0.15, 0.2) is 11.5 Å². The maximum absolute atomic E-state index is 14.2. The van der Waals surface area contributed by atoms with Gasteiger partial charge in [0.2, 0.25) is 5.91 Å². The molecule has 1 fully saturated rings. The molecule has 168 valence electrons. The normalized spacial score (nSPS) is 20.0. The van der Waals surface area contributed by atoms with Gasteiger partial charge in [0.25, 0.3) is 0 Å². The lowest BCUT2D eigenvalue weighted by Crippen LogP contribution is -2.52. The second-order valence-electron chi connectivity index (χ2n) is 8.07. The van der Waals surface area contributed by atoms with Crippen LogP contribution in [0.25, 0.3) is 22.6 Å². The number of rotatable bonds is 5. The molecule has 5 rings (SSSR count). The molecule has 1 aliphatic heterocycles. The Balaban J connectivity index is 1.59. The lowest BCUT2D eigenvalue weighted by atomic mass is 9.76. The molecule has 0 radical (unpaired) electrons. The summed E-state index contributed by atoms with van der Waals surface area (Å²) >= 11 is 0. The average Bonchev–Trinajstić information content (AvgIpc) is 3.14. The van der Waals surface area contributed by atoms with Crippen LogP contribution in [0.1, 0.15) is 24.2 Å². The number of nitrogens with two attached hydrogens (primary N) is 3. The van der Waals surface area contributed by atoms with E-state index in [1.807, 2.05) is 0 Å². The average molecular weight is 449 g/mol. The Labute approximate surface area is 186 Å². The van der Waals surface area contributed by atoms with Gasteiger partial charge in [-0.2, -0.15) is 10.2 Å². The fraction of sp³-hybridized carbons (Fsp3) is 0.238. The van der Waals surface area contributed by atoms with Crippen LogP contribution in [-0.2, 0) is 16.1 Å². The zero-order valence-corrected chi connectivity index (χ0v) is 17.6. The van der Waals surface area contributed by atoms with Gasteiger partial charge in [0.05, 0.1) is 35.7 Å². The third-order valence-electron chi connectivity index (χ3n) is 5.87. The number of benzene rings is 1. The first-order chi connectivity index (χ1) is 15.8. The smallest absolute Gasteiger partial charge is 0.228 e. The number of amides is 1. The molecule has 11 nitrogen and oxygen atoms in total. The number of nitrogens with zero attached hydrogens (tertiary/aromatic N) is 6. The topological polar surface area (TPSA) is 174 Å². The first-order valence-corrected chi connectivity index (χ1v) is 10.1. The standard InChI is InChI=1S/C21H20FN9O2/c1-21(20(25)32)9-33-15(21)13-16(23)27-18(28-17(13)24)14-11-6-7-26-29-19(11)31(30-14)8-10-4-2-3-5-12(10)22/h2-7,15H,8-9H2,1H3,(H2,25,32)(H4,23,24,27,28). The number of carbonyl (C=O) groups excluding carboxylic acids is 1. The number of hydrogen-bond donors (Lipinski definition) is 3. The number of carbonyl (C=O) groups is 1. The molecular weight excluding hydrogens is 429 g/mol. The van der Waals surface area contributed by atoms with Gasteiger partial charge in [-0.15, -0.1) is 5.10 Å². The fourth-order valence-electron chi connectivity index (χ4n) is 3.88. The van der Waals surface area contributed by atoms with E-state index >= 15 is 0 Å². The van der Waals surface area contributed by atoms with Gasteiger partial charge in [-0.25, -0.2) is 19.0 Å². The van der Waals surface area contributed by atoms with Crippen LogP contribution in [0.4, 0.5) is 16.0 Å². The van der Waals surface area contributed by atoms with Gasteiger partial charge in [-0.05, 0) is 19.1 Å². The molecule has 1 amide bonds. The van der Waals surface area contributed by atoms with E-state index in [1.165, 1.54) is 16.9 Å². The molecule has 0 aliphatic carbocycles. The molecule has 3 aromatic heterocycles. The maximum atomic E-state index is 14.2. The Bertz CT molecular complexity index is 1380. The van der Waals surface area contributed by atoms with Gasteiger partial charge in [0, 0.05) is 5.56 Å². The largest absolute Gasteiger partial charge is 0.383 e. The highest BCUT2D eigenvalue weighted by atomic mass is 19.1. The Kier molecular flexibility index (Phi) is 4.67. The molecule has 1 saturated heterocycles. The van der Waals surface area contributed by atoms with Crippen LogP contribution in [0.5, 0.6) is 0 Å². The van der Waals surface area contributed by atoms with Gasteiger partial charge < -0.3 is 21.9 Å². The lowest BCUT2D eigenvalue weighted by molar-refractivity contribution is -0.189. The number of fused-ring (bicyclic) bond motifs is 1. The summed E-state index contributed by atoms with van der Waals surface area (Å²) in [5, 5.41) is 13.2. The van der Waals surface area contributed by atoms with Crippen LogP contribution in [0, 0.1) is 11.2 Å². The highest BCUT2D eigenvalue weighted by molar-refractivity contribution is 5.89. The first-order valence-electron chi connectivity index (χ1n) is 10.1. The molecular formula is C21H20FN9O2. The number of hydrogen-bond acceptors (Lipinski definition) is 9. The van der Waals surface area contributed by atoms with Crippen LogP contribution < -0.4 is 17.2 Å². The summed E-state index contributed by atoms with van der Waals surface area (Å²) in [6.45, 7) is 1.95. The van der Waals surface area contributed by atoms with Crippen LogP contribution >= 0.6 is 0 Å². The summed E-state index contributed by atoms with van der Waals surface area (Å²) in [7, 11) is 0. The molecule has 0 spiro atoms. The van der Waals surface area contributed by atoms with Crippen molar-refractivity contribution in [3.8, 4) is 11.5 Å². The number of aromatic nitrogens is 6. The lowest BCUT2D eigenvalue weighted by Gasteiger charge is -2.44. The molecule has 4 heterocycles. The van der Waals surface area contributed by atoms with Crippen molar-refractivity contribution in [3.63, 3.8) is 0 Å². The Morgan fingerprint density at radius 1 is 1.24 bits per heavy atom. The van der Waals surface area contributed by atoms with E-state index in [0.717, 1.165) is 0 Å². The summed E-state index contributed by atoms with van der Waals surface area (Å²) in [6, 6.07) is 8.09. The van der Waals surface area contributed by atoms with Crippen molar-refractivity contribution in [1.29, 1.82) is 0 Å². The highest BCUT2D eigenvalue weighted by Crippen LogP contribution is 2.49. The van der Waals surface area contributed by atoms with Crippen LogP contribution in [-0.4, -0.2) is 42.5 Å². The second kappa shape index (κ2) is 7.45. The van der Waals surface area contributed by atoms with E-state index in [2.05, 4.69) is 25.3 Å². The molecule has 4 aromatic rings. The van der Waals surface area contributed by atoms with E-state index in [4.69, 9.17) is 21.9 Å². The van der Waals surface area contributed by atoms with Crippen LogP contribution in [0.2, 0.25) is 0 Å². The maximum Gasteiger partial charge on any atom is 0.228 e. The predicted octanol–water partition coefficient (Wildman–Crippen LogP) is 1.20. The van der Waals surface area contributed by atoms with Crippen molar-refractivity contribution >= 4 is 28.6 Å². The van der Waals surface area contributed by atoms with Gasteiger partial charge in [-0.3, -0.25) is 4.79 Å². The quantitative estimate of drug-likeness (QED) is 0.404. The molecule has 6 N–H and O–H groups in total. The molecule has 2 atom stereocenters. The molecule has 0 saturated carbocycles. The monoisotopic (exact) mass is 449 g/mol. The Hall–Kier alpha value is -4.19. The van der Waals surface area contributed by atoms with Crippen molar-refractivity contribution in [2.45, 2.75) is 19.6 Å². The molecule has 1 aliphatic rings. The zero-order valence-electron chi connectivity index (χ0n) is 17.6. The summed E-state index contributed by atoms with van der Waals surface area (Å²) in [5.74, 6) is -0.641. The Morgan fingerprint density at radius 3 is 2.61 bits per heavy atom. The SMILES string of the molecule is CC1(C(N)=O)COC1c1c(N)nc(-c2nn(Cc3ccccc3F)c3nnccc23)nc1N. The predicted molar refractivity (Wildman–Crippen MR) is 117 cm³/mol. The third kappa shape index (κ3) is 3.22. The van der Waals surface area contributed by atoms with E-state index in [9.17, 15) is 9.18 Å². The van der Waals surface area contributed by atoms with E-state index in [-0.39, 0.29) is 36.4 Å². The van der Waals surface area contributed by atoms with E-state index in [0.29, 0.717) is 27.9 Å². The minimum Gasteiger partial charge on any atom is -0.383 e. The summed E-state index contributed by atoms with van der Waals surface area (Å²) in [6.07, 6.45) is 0.757. The van der Waals surface area contributed by atoms with Crippen molar-refractivity contribution < 1.29 is 13.9 Å². The third-order valence-corrected chi connectivity index (χ3v) is 5.87. The van der Waals surface area contributed by atoms with Crippen molar-refractivity contribution in [2.24, 2.45) is 11.1 Å². The number of primary amides is 1. The fourth-order valence-corrected chi connectivity index (χ4v) is 3.88. The highest BCUT2D eigenvalue weighted by Gasteiger charge is 2.52. The van der Waals surface area contributed by atoms with Crippen LogP contribution in [0.15, 0.2) is 36.5 Å². The zero-order chi connectivity index (χ0) is 23.3. The summed E-state index contributed by atoms with van der Waals surface area (Å²) < 4.78 is 21.3. The number of anilines is 2. The molecule has 2 unspecified atom stereocenters. The number of nitrogen functional groups attached to an aromatic ring is 2. The van der Waals surface area contributed by atoms with Crippen molar-refractivity contribution in [1.82, 2.24) is 29.9 Å². The van der Waals surface area contributed by atoms with Crippen LogP contribution in [0.3, 0.4) is 0 Å². The molecule has 12 heteroatoms. The molecule has 33 heavy (non-hydrogen) atoms. The minimum absolute atomic E-state index is 0.0495. The van der Waals surface area contributed by atoms with Crippen molar-refractivity contribution in [3.05, 3.63) is 53.5 Å². The van der Waals surface area contributed by atoms with Gasteiger partial charge in [0.1, 0.15) is 29.3 Å². The second-order valence-corrected chi connectivity index (χ2v) is 8.07. The minimum atomic E-state index is -0.962. The van der Waals surface area contributed by atoms with E-state index in [1.54, 1.807) is 31.2 Å². The summed E-state index contributed by atoms with van der Waals surface area (Å²) in [5.41, 5.74) is 18.5. The summed E-state index contributed by atoms with van der Waals surface area (Å²) in [4.78, 5) is 20.6. The first kappa shape index (κ1) is 20.7. The molecule has 0 bridgehead atoms. The van der Waals surface area contributed by atoms with Crippen molar-refractivity contribution in [2.75, 3.05) is 18.1 Å². The van der Waals surface area contributed by atoms with E-state index < -0.39 is 17.4 Å². The molecule has 1 aromatic carbocycles. The Morgan fingerprint density at radius 2 is 1.97 bits per heavy atom. The number of ether oxygens (including phenoxy) is 1. The number of halogens is 1.